The molecule has 3 aromatic rings. The van der Waals surface area contributed by atoms with Crippen molar-refractivity contribution in [1.82, 2.24) is 10.3 Å². The van der Waals surface area contributed by atoms with Crippen molar-refractivity contribution in [2.75, 3.05) is 18.4 Å². The number of pyridine rings is 1. The minimum absolute atomic E-state index is 0.00300. The minimum atomic E-state index is -0.0776. The molecule has 4 nitrogen and oxygen atoms in total. The lowest BCUT2D eigenvalue weighted by Crippen LogP contribution is -2.30. The Morgan fingerprint density at radius 3 is 2.48 bits per heavy atom. The second-order valence-electron chi connectivity index (χ2n) is 6.21. The van der Waals surface area contributed by atoms with Gasteiger partial charge < -0.3 is 10.6 Å². The molecule has 0 saturated heterocycles. The van der Waals surface area contributed by atoms with Crippen molar-refractivity contribution >= 4 is 23.2 Å². The Morgan fingerprint density at radius 2 is 1.74 bits per heavy atom. The summed E-state index contributed by atoms with van der Waals surface area (Å²) in [6.07, 6.45) is 3.83. The summed E-state index contributed by atoms with van der Waals surface area (Å²) in [6.45, 7) is 1.18. The van der Waals surface area contributed by atoms with E-state index in [1.165, 1.54) is 0 Å². The molecule has 1 atom stereocenters. The average Bonchev–Trinajstić information content (AvgIpc) is 2.71. The van der Waals surface area contributed by atoms with Crippen LogP contribution in [0.4, 0.5) is 5.69 Å². The molecule has 1 unspecified atom stereocenters. The van der Waals surface area contributed by atoms with E-state index in [1.54, 1.807) is 12.4 Å². The summed E-state index contributed by atoms with van der Waals surface area (Å²) in [5.41, 5.74) is 2.98. The summed E-state index contributed by atoms with van der Waals surface area (Å²) in [6, 6.07) is 21.5. The van der Waals surface area contributed by atoms with Crippen LogP contribution >= 0.6 is 11.6 Å². The first-order valence-electron chi connectivity index (χ1n) is 8.94. The molecule has 27 heavy (non-hydrogen) atoms. The predicted molar refractivity (Wildman–Crippen MR) is 110 cm³/mol. The number of rotatable bonds is 8. The number of halogens is 1. The van der Waals surface area contributed by atoms with Gasteiger partial charge in [0.1, 0.15) is 0 Å². The molecule has 5 heteroatoms. The second kappa shape index (κ2) is 9.74. The zero-order valence-corrected chi connectivity index (χ0v) is 15.7. The van der Waals surface area contributed by atoms with Crippen molar-refractivity contribution in [3.8, 4) is 0 Å². The Hall–Kier alpha value is -2.85. The highest BCUT2D eigenvalue weighted by Gasteiger charge is 2.20. The highest BCUT2D eigenvalue weighted by Crippen LogP contribution is 2.32. The molecule has 0 fully saturated rings. The summed E-state index contributed by atoms with van der Waals surface area (Å²) in [4.78, 5) is 16.6. The third-order valence-electron chi connectivity index (χ3n) is 4.31. The van der Waals surface area contributed by atoms with Crippen LogP contribution in [0.15, 0.2) is 79.1 Å². The standard InChI is InChI=1S/C22H22ClN3O/c23-21-11-5-4-10-19(21)20(17-7-2-1-3-8-17)15-22(27)26-14-13-25-18-9-6-12-24-16-18/h1-12,16,20,25H,13-15H2,(H,26,27). The molecule has 0 spiro atoms. The van der Waals surface area contributed by atoms with Crippen LogP contribution in [0.2, 0.25) is 5.02 Å². The molecule has 2 aromatic carbocycles. The lowest BCUT2D eigenvalue weighted by Gasteiger charge is -2.19. The SMILES string of the molecule is O=C(CC(c1ccccc1)c1ccccc1Cl)NCCNc1cccnc1. The van der Waals surface area contributed by atoms with Crippen molar-refractivity contribution in [1.29, 1.82) is 0 Å². The maximum atomic E-state index is 12.5. The van der Waals surface area contributed by atoms with Gasteiger partial charge >= 0.3 is 0 Å². The smallest absolute Gasteiger partial charge is 0.221 e. The van der Waals surface area contributed by atoms with E-state index in [2.05, 4.69) is 15.6 Å². The Bertz CT molecular complexity index is 856. The van der Waals surface area contributed by atoms with E-state index >= 15 is 0 Å². The molecule has 3 rings (SSSR count). The first kappa shape index (κ1) is 18.9. The number of carbonyl (C=O) groups excluding carboxylic acids is 1. The summed E-state index contributed by atoms with van der Waals surface area (Å²) in [5, 5.41) is 6.88. The van der Waals surface area contributed by atoms with E-state index in [4.69, 9.17) is 11.6 Å². The van der Waals surface area contributed by atoms with Gasteiger partial charge in [0.2, 0.25) is 5.91 Å². The number of aromatic nitrogens is 1. The Morgan fingerprint density at radius 1 is 0.963 bits per heavy atom. The third-order valence-corrected chi connectivity index (χ3v) is 4.65. The normalized spacial score (nSPS) is 11.6. The molecule has 138 valence electrons. The third kappa shape index (κ3) is 5.56. The van der Waals surface area contributed by atoms with Crippen molar-refractivity contribution in [3.05, 3.63) is 95.3 Å². The van der Waals surface area contributed by atoms with Crippen LogP contribution in [0.1, 0.15) is 23.5 Å². The van der Waals surface area contributed by atoms with E-state index in [1.807, 2.05) is 66.7 Å². The summed E-state index contributed by atoms with van der Waals surface area (Å²) >= 11 is 6.40. The van der Waals surface area contributed by atoms with Crippen molar-refractivity contribution < 1.29 is 4.79 Å². The zero-order valence-electron chi connectivity index (χ0n) is 14.9. The molecule has 0 bridgehead atoms. The molecule has 1 amide bonds. The lowest BCUT2D eigenvalue weighted by atomic mass is 9.88. The molecule has 0 radical (unpaired) electrons. The molecule has 0 aliphatic heterocycles. The van der Waals surface area contributed by atoms with E-state index in [9.17, 15) is 4.79 Å². The van der Waals surface area contributed by atoms with Gasteiger partial charge in [0, 0.05) is 42.8 Å². The Labute approximate surface area is 164 Å². The Kier molecular flexibility index (Phi) is 6.83. The monoisotopic (exact) mass is 379 g/mol. The molecule has 0 aliphatic carbocycles. The van der Waals surface area contributed by atoms with Gasteiger partial charge in [-0.25, -0.2) is 0 Å². The van der Waals surface area contributed by atoms with Gasteiger partial charge in [-0.2, -0.15) is 0 Å². The molecular weight excluding hydrogens is 358 g/mol. The van der Waals surface area contributed by atoms with Gasteiger partial charge in [-0.3, -0.25) is 9.78 Å². The lowest BCUT2D eigenvalue weighted by molar-refractivity contribution is -0.121. The number of carbonyl (C=O) groups is 1. The number of anilines is 1. The van der Waals surface area contributed by atoms with Gasteiger partial charge in [0.05, 0.1) is 5.69 Å². The molecule has 2 N–H and O–H groups in total. The van der Waals surface area contributed by atoms with Crippen LogP contribution in [-0.4, -0.2) is 24.0 Å². The molecule has 1 heterocycles. The maximum Gasteiger partial charge on any atom is 0.221 e. The van der Waals surface area contributed by atoms with E-state index < -0.39 is 0 Å². The first-order valence-corrected chi connectivity index (χ1v) is 9.32. The number of hydrogen-bond acceptors (Lipinski definition) is 3. The number of hydrogen-bond donors (Lipinski definition) is 2. The van der Waals surface area contributed by atoms with E-state index in [0.717, 1.165) is 16.8 Å². The second-order valence-corrected chi connectivity index (χ2v) is 6.61. The fraction of sp³-hybridized carbons (Fsp3) is 0.182. The average molecular weight is 380 g/mol. The summed E-state index contributed by atoms with van der Waals surface area (Å²) in [7, 11) is 0. The first-order chi connectivity index (χ1) is 13.2. The van der Waals surface area contributed by atoms with Gasteiger partial charge in [-0.1, -0.05) is 60.1 Å². The molecular formula is C22H22ClN3O. The largest absolute Gasteiger partial charge is 0.382 e. The van der Waals surface area contributed by atoms with Crippen LogP contribution in [0, 0.1) is 0 Å². The number of nitrogens with one attached hydrogen (secondary N) is 2. The van der Waals surface area contributed by atoms with Gasteiger partial charge in [-0.15, -0.1) is 0 Å². The van der Waals surface area contributed by atoms with Crippen molar-refractivity contribution in [2.24, 2.45) is 0 Å². The predicted octanol–water partition coefficient (Wildman–Crippen LogP) is 4.49. The van der Waals surface area contributed by atoms with E-state index in [-0.39, 0.29) is 11.8 Å². The fourth-order valence-corrected chi connectivity index (χ4v) is 3.25. The van der Waals surface area contributed by atoms with Crippen LogP contribution in [-0.2, 0) is 4.79 Å². The Balaban J connectivity index is 1.60. The van der Waals surface area contributed by atoms with Gasteiger partial charge in [-0.05, 0) is 29.3 Å². The van der Waals surface area contributed by atoms with Crippen LogP contribution in [0.3, 0.4) is 0 Å². The zero-order chi connectivity index (χ0) is 18.9. The number of nitrogens with zero attached hydrogens (tertiary/aromatic N) is 1. The van der Waals surface area contributed by atoms with Crippen molar-refractivity contribution in [2.45, 2.75) is 12.3 Å². The molecule has 1 aromatic heterocycles. The quantitative estimate of drug-likeness (QED) is 0.567. The maximum absolute atomic E-state index is 12.5. The van der Waals surface area contributed by atoms with Crippen molar-refractivity contribution in [3.63, 3.8) is 0 Å². The van der Waals surface area contributed by atoms with Gasteiger partial charge in [0.25, 0.3) is 0 Å². The van der Waals surface area contributed by atoms with E-state index in [0.29, 0.717) is 24.5 Å². The highest BCUT2D eigenvalue weighted by atomic mass is 35.5. The van der Waals surface area contributed by atoms with Crippen LogP contribution in [0.25, 0.3) is 0 Å². The molecule has 0 saturated carbocycles. The number of benzene rings is 2. The van der Waals surface area contributed by atoms with Gasteiger partial charge in [0.15, 0.2) is 0 Å². The summed E-state index contributed by atoms with van der Waals surface area (Å²) in [5.74, 6) is -0.0806. The highest BCUT2D eigenvalue weighted by molar-refractivity contribution is 6.31. The molecule has 0 aliphatic rings. The summed E-state index contributed by atoms with van der Waals surface area (Å²) < 4.78 is 0. The topological polar surface area (TPSA) is 54.0 Å². The fourth-order valence-electron chi connectivity index (χ4n) is 2.98. The van der Waals surface area contributed by atoms with Crippen LogP contribution in [0.5, 0.6) is 0 Å². The number of amides is 1. The van der Waals surface area contributed by atoms with Crippen LogP contribution < -0.4 is 10.6 Å². The minimum Gasteiger partial charge on any atom is -0.382 e.